The molecule has 0 fully saturated rings. The zero-order valence-corrected chi connectivity index (χ0v) is 19.6. The van der Waals surface area contributed by atoms with Gasteiger partial charge in [-0.3, -0.25) is 4.99 Å². The third-order valence-corrected chi connectivity index (χ3v) is 4.71. The van der Waals surface area contributed by atoms with E-state index in [4.69, 9.17) is 16.3 Å². The Morgan fingerprint density at radius 2 is 2.29 bits per heavy atom. The number of fused-ring (bicyclic) bond motifs is 1. The molecule has 2 heterocycles. The highest BCUT2D eigenvalue weighted by atomic mass is 127. The zero-order chi connectivity index (χ0) is 19.2. The van der Waals surface area contributed by atoms with Crippen LogP contribution in [0.1, 0.15) is 31.9 Å². The first kappa shape index (κ1) is 22.7. The van der Waals surface area contributed by atoms with Gasteiger partial charge in [-0.25, -0.2) is 9.67 Å². The van der Waals surface area contributed by atoms with Crippen LogP contribution in [0.25, 0.3) is 0 Å². The summed E-state index contributed by atoms with van der Waals surface area (Å²) in [6.45, 7) is 5.52. The van der Waals surface area contributed by atoms with Crippen molar-refractivity contribution in [2.24, 2.45) is 4.99 Å². The lowest BCUT2D eigenvalue weighted by atomic mass is 10.1. The molecule has 0 saturated carbocycles. The molecule has 0 radical (unpaired) electrons. The Morgan fingerprint density at radius 1 is 1.46 bits per heavy atom. The lowest BCUT2D eigenvalue weighted by molar-refractivity contribution is 0.223. The number of aliphatic imine (C=N–C) groups is 1. The number of hydrogen-bond acceptors (Lipinski definition) is 4. The van der Waals surface area contributed by atoms with Crippen molar-refractivity contribution in [2.45, 2.75) is 51.8 Å². The number of nitrogens with one attached hydrogen (secondary N) is 2. The third kappa shape index (κ3) is 6.23. The zero-order valence-electron chi connectivity index (χ0n) is 16.5. The molecular formula is C19H28ClIN6O. The summed E-state index contributed by atoms with van der Waals surface area (Å²) in [6, 6.07) is 7.70. The predicted molar refractivity (Wildman–Crippen MR) is 123 cm³/mol. The van der Waals surface area contributed by atoms with E-state index in [2.05, 4.69) is 32.6 Å². The highest BCUT2D eigenvalue weighted by Gasteiger charge is 2.22. The normalized spacial score (nSPS) is 17.3. The van der Waals surface area contributed by atoms with Crippen molar-refractivity contribution in [1.82, 2.24) is 25.4 Å². The fourth-order valence-corrected chi connectivity index (χ4v) is 3.25. The Morgan fingerprint density at radius 3 is 3.00 bits per heavy atom. The van der Waals surface area contributed by atoms with Gasteiger partial charge in [0.1, 0.15) is 17.7 Å². The molecule has 2 atom stereocenters. The number of halogens is 2. The molecule has 1 aromatic heterocycles. The Labute approximate surface area is 188 Å². The van der Waals surface area contributed by atoms with Crippen LogP contribution in [0.3, 0.4) is 0 Å². The van der Waals surface area contributed by atoms with E-state index in [-0.39, 0.29) is 36.1 Å². The van der Waals surface area contributed by atoms with Crippen molar-refractivity contribution < 1.29 is 4.74 Å². The van der Waals surface area contributed by atoms with Crippen LogP contribution in [0, 0.1) is 0 Å². The maximum Gasteiger partial charge on any atom is 0.191 e. The van der Waals surface area contributed by atoms with Crippen molar-refractivity contribution in [3.05, 3.63) is 40.9 Å². The Balaban J connectivity index is 0.00000280. The van der Waals surface area contributed by atoms with Crippen LogP contribution < -0.4 is 15.4 Å². The number of rotatable bonds is 6. The van der Waals surface area contributed by atoms with Gasteiger partial charge in [0.25, 0.3) is 0 Å². The summed E-state index contributed by atoms with van der Waals surface area (Å²) in [5, 5.41) is 12.0. The van der Waals surface area contributed by atoms with Gasteiger partial charge < -0.3 is 15.4 Å². The lowest BCUT2D eigenvalue weighted by Crippen LogP contribution is -2.48. The lowest BCUT2D eigenvalue weighted by Gasteiger charge is -2.26. The van der Waals surface area contributed by atoms with E-state index in [1.807, 2.05) is 35.9 Å². The van der Waals surface area contributed by atoms with Gasteiger partial charge in [0.05, 0.1) is 13.1 Å². The molecule has 3 rings (SSSR count). The average molecular weight is 519 g/mol. The first-order chi connectivity index (χ1) is 13.1. The quantitative estimate of drug-likeness (QED) is 0.349. The minimum atomic E-state index is -0.0256. The molecule has 9 heteroatoms. The topological polar surface area (TPSA) is 76.4 Å². The van der Waals surface area contributed by atoms with Crippen molar-refractivity contribution in [1.29, 1.82) is 0 Å². The van der Waals surface area contributed by atoms with Crippen LogP contribution in [-0.2, 0) is 19.4 Å². The molecule has 0 aliphatic carbocycles. The molecule has 28 heavy (non-hydrogen) atoms. The van der Waals surface area contributed by atoms with Gasteiger partial charge >= 0.3 is 0 Å². The third-order valence-electron chi connectivity index (χ3n) is 4.47. The molecule has 1 aliphatic heterocycles. The Hall–Kier alpha value is -1.55. The molecule has 2 N–H and O–H groups in total. The summed E-state index contributed by atoms with van der Waals surface area (Å²) >= 11 is 6.00. The van der Waals surface area contributed by atoms with Gasteiger partial charge in [0, 0.05) is 31.0 Å². The van der Waals surface area contributed by atoms with Crippen molar-refractivity contribution in [3.63, 3.8) is 0 Å². The van der Waals surface area contributed by atoms with Crippen LogP contribution in [-0.4, -0.2) is 46.5 Å². The highest BCUT2D eigenvalue weighted by molar-refractivity contribution is 14.0. The summed E-state index contributed by atoms with van der Waals surface area (Å²) in [6.07, 6.45) is 2.78. The van der Waals surface area contributed by atoms with E-state index >= 15 is 0 Å². The number of benzene rings is 1. The maximum atomic E-state index is 6.00. The molecule has 2 unspecified atom stereocenters. The van der Waals surface area contributed by atoms with Crippen molar-refractivity contribution in [3.8, 4) is 5.75 Å². The number of ether oxygens (including phenoxy) is 1. The van der Waals surface area contributed by atoms with Crippen LogP contribution in [0.4, 0.5) is 0 Å². The number of aryl methyl sites for hydroxylation is 2. The number of aromatic nitrogens is 3. The van der Waals surface area contributed by atoms with Gasteiger partial charge in [-0.1, -0.05) is 24.6 Å². The van der Waals surface area contributed by atoms with E-state index in [1.165, 1.54) is 0 Å². The molecule has 154 valence electrons. The van der Waals surface area contributed by atoms with Crippen LogP contribution in [0.15, 0.2) is 29.3 Å². The van der Waals surface area contributed by atoms with Gasteiger partial charge in [-0.05, 0) is 31.5 Å². The smallest absolute Gasteiger partial charge is 0.191 e. The largest absolute Gasteiger partial charge is 0.489 e. The molecular weight excluding hydrogens is 491 g/mol. The van der Waals surface area contributed by atoms with E-state index in [1.54, 1.807) is 7.05 Å². The van der Waals surface area contributed by atoms with Crippen LogP contribution in [0.5, 0.6) is 5.75 Å². The van der Waals surface area contributed by atoms with Gasteiger partial charge in [-0.15, -0.1) is 24.0 Å². The second-order valence-electron chi connectivity index (χ2n) is 6.70. The molecule has 7 nitrogen and oxygen atoms in total. The fourth-order valence-electron chi connectivity index (χ4n) is 3.07. The predicted octanol–water partition coefficient (Wildman–Crippen LogP) is 3.06. The van der Waals surface area contributed by atoms with Gasteiger partial charge in [0.15, 0.2) is 11.8 Å². The maximum absolute atomic E-state index is 6.00. The summed E-state index contributed by atoms with van der Waals surface area (Å²) in [5.74, 6) is 3.52. The average Bonchev–Trinajstić information content (AvgIpc) is 3.07. The fraction of sp³-hybridized carbons (Fsp3) is 0.526. The molecule has 0 amide bonds. The van der Waals surface area contributed by atoms with Crippen LogP contribution >= 0.6 is 35.6 Å². The van der Waals surface area contributed by atoms with E-state index in [9.17, 15) is 0 Å². The molecule has 1 aromatic carbocycles. The Bertz CT molecular complexity index is 796. The minimum absolute atomic E-state index is 0. The monoisotopic (exact) mass is 518 g/mol. The van der Waals surface area contributed by atoms with Crippen molar-refractivity contribution >= 4 is 41.5 Å². The Kier molecular flexibility index (Phi) is 8.81. The summed E-state index contributed by atoms with van der Waals surface area (Å²) < 4.78 is 7.90. The van der Waals surface area contributed by atoms with Gasteiger partial charge in [0.2, 0.25) is 0 Å². The summed E-state index contributed by atoms with van der Waals surface area (Å²) in [7, 11) is 1.77. The molecule has 2 aromatic rings. The van der Waals surface area contributed by atoms with Crippen molar-refractivity contribution in [2.75, 3.05) is 13.6 Å². The number of guanidine groups is 1. The first-order valence-electron chi connectivity index (χ1n) is 9.39. The number of hydrogen-bond donors (Lipinski definition) is 2. The second-order valence-corrected chi connectivity index (χ2v) is 7.14. The first-order valence-corrected chi connectivity index (χ1v) is 9.77. The standard InChI is InChI=1S/C19H27ClN6O.HI/c1-4-17-24-18-9-8-15(12-26(18)25-17)23-19(21-3)22-11-13(2)27-16-7-5-6-14(20)10-16;/h5-7,10,13,15H,4,8-9,11-12H2,1-3H3,(H2,21,22,23);1H. The number of nitrogens with zero attached hydrogens (tertiary/aromatic N) is 4. The van der Waals surface area contributed by atoms with E-state index < -0.39 is 0 Å². The molecule has 0 bridgehead atoms. The summed E-state index contributed by atoms with van der Waals surface area (Å²) in [5.41, 5.74) is 0. The summed E-state index contributed by atoms with van der Waals surface area (Å²) in [4.78, 5) is 8.89. The SMILES string of the molecule is CCc1nc2n(n1)CC(NC(=NC)NCC(C)Oc1cccc(Cl)c1)CC2.I. The van der Waals surface area contributed by atoms with Gasteiger partial charge in [-0.2, -0.15) is 5.10 Å². The molecule has 1 aliphatic rings. The second kappa shape index (κ2) is 10.8. The van der Waals surface area contributed by atoms with E-state index in [0.717, 1.165) is 49.2 Å². The van der Waals surface area contributed by atoms with Crippen LogP contribution in [0.2, 0.25) is 5.02 Å². The molecule has 0 saturated heterocycles. The van der Waals surface area contributed by atoms with E-state index in [0.29, 0.717) is 11.6 Å². The highest BCUT2D eigenvalue weighted by Crippen LogP contribution is 2.18. The molecule has 0 spiro atoms. The minimum Gasteiger partial charge on any atom is -0.489 e.